The highest BCUT2D eigenvalue weighted by Gasteiger charge is 2.65. The van der Waals surface area contributed by atoms with Gasteiger partial charge in [0, 0.05) is 12.3 Å². The summed E-state index contributed by atoms with van der Waals surface area (Å²) in [6.07, 6.45) is 4.52. The predicted octanol–water partition coefficient (Wildman–Crippen LogP) is 3.28. The summed E-state index contributed by atoms with van der Waals surface area (Å²) in [5.41, 5.74) is 0.547. The van der Waals surface area contributed by atoms with Gasteiger partial charge in [-0.15, -0.1) is 0 Å². The van der Waals surface area contributed by atoms with Crippen molar-refractivity contribution in [3.63, 3.8) is 0 Å². The van der Waals surface area contributed by atoms with Crippen molar-refractivity contribution >= 4 is 5.78 Å². The highest BCUT2D eigenvalue weighted by atomic mass is 16.1. The second-order valence-electron chi connectivity index (χ2n) is 6.70. The molecule has 0 aromatic rings. The topological polar surface area (TPSA) is 17.1 Å². The fraction of sp³-hybridized carbons (Fsp3) is 0.929. The van der Waals surface area contributed by atoms with Gasteiger partial charge >= 0.3 is 0 Å². The smallest absolute Gasteiger partial charge is 0.136 e. The lowest BCUT2D eigenvalue weighted by Gasteiger charge is -2.39. The summed E-state index contributed by atoms with van der Waals surface area (Å²) >= 11 is 0. The van der Waals surface area contributed by atoms with Crippen LogP contribution in [0.3, 0.4) is 0 Å². The van der Waals surface area contributed by atoms with Crippen LogP contribution in [0.2, 0.25) is 0 Å². The summed E-state index contributed by atoms with van der Waals surface area (Å²) in [6, 6.07) is 0. The van der Waals surface area contributed by atoms with Crippen LogP contribution in [-0.2, 0) is 4.79 Å². The van der Waals surface area contributed by atoms with E-state index in [1.165, 1.54) is 12.8 Å². The van der Waals surface area contributed by atoms with Crippen molar-refractivity contribution in [2.24, 2.45) is 35.0 Å². The van der Waals surface area contributed by atoms with Crippen molar-refractivity contribution in [1.82, 2.24) is 0 Å². The second kappa shape index (κ2) is 2.87. The molecule has 0 aliphatic heterocycles. The summed E-state index contributed by atoms with van der Waals surface area (Å²) in [5, 5.41) is 0. The standard InChI is InChI=1S/C14H22O/c1-8-4-7-11(15)9-5-6-10-13(12(8)9)14(10,2)3/h8-10,12-13H,4-7H2,1-3H3/t8-,9-,10-,12+,13-/m1/s1. The third kappa shape index (κ3) is 1.18. The minimum absolute atomic E-state index is 0.441. The molecule has 3 aliphatic carbocycles. The van der Waals surface area contributed by atoms with Gasteiger partial charge in [-0.25, -0.2) is 0 Å². The Labute approximate surface area is 92.6 Å². The fourth-order valence-corrected chi connectivity index (χ4v) is 4.78. The van der Waals surface area contributed by atoms with Gasteiger partial charge in [-0.1, -0.05) is 20.8 Å². The predicted molar refractivity (Wildman–Crippen MR) is 60.4 cm³/mol. The van der Waals surface area contributed by atoms with Crippen molar-refractivity contribution in [3.8, 4) is 0 Å². The van der Waals surface area contributed by atoms with E-state index in [9.17, 15) is 4.79 Å². The van der Waals surface area contributed by atoms with E-state index in [0.717, 1.165) is 36.5 Å². The summed E-state index contributed by atoms with van der Waals surface area (Å²) < 4.78 is 0. The van der Waals surface area contributed by atoms with Gasteiger partial charge < -0.3 is 0 Å². The number of hydrogen-bond donors (Lipinski definition) is 0. The lowest BCUT2D eigenvalue weighted by Crippen LogP contribution is -2.38. The number of hydrogen-bond acceptors (Lipinski definition) is 1. The minimum Gasteiger partial charge on any atom is -0.299 e. The van der Waals surface area contributed by atoms with Crippen LogP contribution in [0.25, 0.3) is 0 Å². The van der Waals surface area contributed by atoms with Gasteiger partial charge in [0.05, 0.1) is 0 Å². The third-order valence-electron chi connectivity index (χ3n) is 5.72. The Bertz CT molecular complexity index is 304. The molecule has 3 aliphatic rings. The molecule has 0 heterocycles. The monoisotopic (exact) mass is 206 g/mol. The van der Waals surface area contributed by atoms with Gasteiger partial charge in [-0.2, -0.15) is 0 Å². The van der Waals surface area contributed by atoms with Gasteiger partial charge in [-0.3, -0.25) is 4.79 Å². The first-order valence-electron chi connectivity index (χ1n) is 6.56. The maximum Gasteiger partial charge on any atom is 0.136 e. The molecule has 0 aromatic carbocycles. The lowest BCUT2D eigenvalue weighted by atomic mass is 9.65. The molecule has 1 heteroatoms. The van der Waals surface area contributed by atoms with E-state index in [1.807, 2.05) is 0 Å². The summed E-state index contributed by atoms with van der Waals surface area (Å²) in [6.45, 7) is 7.20. The first kappa shape index (κ1) is 9.86. The van der Waals surface area contributed by atoms with Gasteiger partial charge in [-0.05, 0) is 48.3 Å². The molecular weight excluding hydrogens is 184 g/mol. The zero-order chi connectivity index (χ0) is 10.8. The molecule has 3 saturated carbocycles. The number of fused-ring (bicyclic) bond motifs is 3. The molecule has 0 amide bonds. The van der Waals surface area contributed by atoms with Crippen molar-refractivity contribution in [1.29, 1.82) is 0 Å². The van der Waals surface area contributed by atoms with E-state index in [4.69, 9.17) is 0 Å². The molecule has 0 spiro atoms. The molecule has 15 heavy (non-hydrogen) atoms. The largest absolute Gasteiger partial charge is 0.299 e. The van der Waals surface area contributed by atoms with Crippen LogP contribution in [0.1, 0.15) is 46.5 Å². The Morgan fingerprint density at radius 1 is 1.20 bits per heavy atom. The van der Waals surface area contributed by atoms with Crippen LogP contribution >= 0.6 is 0 Å². The van der Waals surface area contributed by atoms with E-state index in [-0.39, 0.29) is 0 Å². The first-order valence-corrected chi connectivity index (χ1v) is 6.56. The van der Waals surface area contributed by atoms with E-state index in [2.05, 4.69) is 20.8 Å². The third-order valence-corrected chi connectivity index (χ3v) is 5.72. The average molecular weight is 206 g/mol. The number of rotatable bonds is 0. The number of ketones is 1. The second-order valence-corrected chi connectivity index (χ2v) is 6.70. The maximum atomic E-state index is 11.9. The number of carbonyl (C=O) groups is 1. The Morgan fingerprint density at radius 2 is 1.93 bits per heavy atom. The minimum atomic E-state index is 0.441. The summed E-state index contributed by atoms with van der Waals surface area (Å²) in [7, 11) is 0. The van der Waals surface area contributed by atoms with Crippen LogP contribution in [0.4, 0.5) is 0 Å². The molecule has 0 bridgehead atoms. The van der Waals surface area contributed by atoms with Crippen LogP contribution in [0.5, 0.6) is 0 Å². The normalized spacial score (nSPS) is 51.9. The molecule has 3 fully saturated rings. The van der Waals surface area contributed by atoms with E-state index < -0.39 is 0 Å². The fourth-order valence-electron chi connectivity index (χ4n) is 4.78. The van der Waals surface area contributed by atoms with Crippen LogP contribution < -0.4 is 0 Å². The number of Topliss-reactive ketones (excluding diaryl/α,β-unsaturated/α-hetero) is 1. The lowest BCUT2D eigenvalue weighted by molar-refractivity contribution is -0.130. The van der Waals surface area contributed by atoms with Gasteiger partial charge in [0.15, 0.2) is 0 Å². The summed E-state index contributed by atoms with van der Waals surface area (Å²) in [5.74, 6) is 4.36. The molecule has 5 atom stereocenters. The summed E-state index contributed by atoms with van der Waals surface area (Å²) in [4.78, 5) is 11.9. The van der Waals surface area contributed by atoms with E-state index in [0.29, 0.717) is 17.1 Å². The molecule has 0 saturated heterocycles. The maximum absolute atomic E-state index is 11.9. The van der Waals surface area contributed by atoms with Gasteiger partial charge in [0.1, 0.15) is 5.78 Å². The molecule has 1 nitrogen and oxygen atoms in total. The Balaban J connectivity index is 1.90. The van der Waals surface area contributed by atoms with Crippen molar-refractivity contribution in [2.45, 2.75) is 46.5 Å². The van der Waals surface area contributed by atoms with E-state index in [1.54, 1.807) is 0 Å². The molecule has 3 rings (SSSR count). The van der Waals surface area contributed by atoms with Crippen molar-refractivity contribution in [3.05, 3.63) is 0 Å². The molecular formula is C14H22O. The Kier molecular flexibility index (Phi) is 1.88. The zero-order valence-corrected chi connectivity index (χ0v) is 10.1. The molecule has 0 radical (unpaired) electrons. The number of carbonyl (C=O) groups excluding carboxylic acids is 1. The SMILES string of the molecule is C[C@@H]1CCC(=O)[C@H]2CC[C@@H]3[C@H]([C@@H]12)C3(C)C. The van der Waals surface area contributed by atoms with Crippen LogP contribution in [-0.4, -0.2) is 5.78 Å². The van der Waals surface area contributed by atoms with Gasteiger partial charge in [0.2, 0.25) is 0 Å². The Morgan fingerprint density at radius 3 is 2.67 bits per heavy atom. The average Bonchev–Trinajstić information content (AvgIpc) is 2.76. The molecule has 0 aromatic heterocycles. The molecule has 84 valence electrons. The highest BCUT2D eigenvalue weighted by Crippen LogP contribution is 2.70. The van der Waals surface area contributed by atoms with E-state index >= 15 is 0 Å². The Hall–Kier alpha value is -0.330. The quantitative estimate of drug-likeness (QED) is 0.594. The highest BCUT2D eigenvalue weighted by molar-refractivity contribution is 5.82. The van der Waals surface area contributed by atoms with Gasteiger partial charge in [0.25, 0.3) is 0 Å². The molecule has 0 unspecified atom stereocenters. The van der Waals surface area contributed by atoms with Crippen molar-refractivity contribution in [2.75, 3.05) is 0 Å². The first-order chi connectivity index (χ1) is 7.03. The van der Waals surface area contributed by atoms with Crippen LogP contribution in [0, 0.1) is 35.0 Å². The molecule has 0 N–H and O–H groups in total. The zero-order valence-electron chi connectivity index (χ0n) is 10.1. The van der Waals surface area contributed by atoms with Crippen LogP contribution in [0.15, 0.2) is 0 Å². The van der Waals surface area contributed by atoms with Crippen molar-refractivity contribution < 1.29 is 4.79 Å².